The van der Waals surface area contributed by atoms with Crippen molar-refractivity contribution in [1.29, 1.82) is 0 Å². The first kappa shape index (κ1) is 9.83. The summed E-state index contributed by atoms with van der Waals surface area (Å²) in [5.74, 6) is 3.72. The van der Waals surface area contributed by atoms with Gasteiger partial charge in [-0.15, -0.1) is 0 Å². The van der Waals surface area contributed by atoms with Crippen LogP contribution in [0.15, 0.2) is 36.4 Å². The molecule has 1 spiro atoms. The second-order valence-corrected chi connectivity index (χ2v) is 6.99. The molecule has 0 heterocycles. The van der Waals surface area contributed by atoms with E-state index in [1.54, 1.807) is 11.1 Å². The molecule has 2 bridgehead atoms. The molecule has 0 nitrogen and oxygen atoms in total. The maximum Gasteiger partial charge on any atom is -0.0117 e. The van der Waals surface area contributed by atoms with Crippen LogP contribution >= 0.6 is 0 Å². The molecule has 1 aromatic carbocycles. The third kappa shape index (κ3) is 1.04. The van der Waals surface area contributed by atoms with Gasteiger partial charge in [0.2, 0.25) is 0 Å². The number of hydrogen-bond acceptors (Lipinski definition) is 0. The minimum Gasteiger partial charge on any atom is -0.0848 e. The molecule has 4 unspecified atom stereocenters. The van der Waals surface area contributed by atoms with Gasteiger partial charge in [-0.3, -0.25) is 0 Å². The molecule has 0 aliphatic heterocycles. The van der Waals surface area contributed by atoms with Gasteiger partial charge in [0.25, 0.3) is 0 Å². The fourth-order valence-electron chi connectivity index (χ4n) is 5.60. The van der Waals surface area contributed by atoms with E-state index >= 15 is 0 Å². The molecule has 1 aromatic rings. The van der Waals surface area contributed by atoms with Crippen LogP contribution in [0, 0.1) is 23.2 Å². The molecule has 4 atom stereocenters. The Balaban J connectivity index is 1.60. The zero-order chi connectivity index (χ0) is 11.7. The summed E-state index contributed by atoms with van der Waals surface area (Å²) in [6, 6.07) is 9.24. The first-order chi connectivity index (χ1) is 8.88. The quantitative estimate of drug-likeness (QED) is 0.637. The van der Waals surface area contributed by atoms with Crippen molar-refractivity contribution in [2.45, 2.75) is 38.0 Å². The van der Waals surface area contributed by atoms with Crippen molar-refractivity contribution in [2.24, 2.45) is 23.2 Å². The van der Waals surface area contributed by atoms with Gasteiger partial charge in [0, 0.05) is 0 Å². The highest BCUT2D eigenvalue weighted by Gasteiger charge is 2.64. The lowest BCUT2D eigenvalue weighted by atomic mass is 9.70. The van der Waals surface area contributed by atoms with Crippen molar-refractivity contribution < 1.29 is 0 Å². The summed E-state index contributed by atoms with van der Waals surface area (Å²) >= 11 is 0. The van der Waals surface area contributed by atoms with Gasteiger partial charge < -0.3 is 0 Å². The van der Waals surface area contributed by atoms with Crippen LogP contribution in [0.25, 0.3) is 0 Å². The number of allylic oxidation sites excluding steroid dienone is 2. The minimum absolute atomic E-state index is 0.752. The second-order valence-electron chi connectivity index (χ2n) is 6.99. The van der Waals surface area contributed by atoms with Gasteiger partial charge in [0.1, 0.15) is 0 Å². The number of hydrogen-bond donors (Lipinski definition) is 0. The van der Waals surface area contributed by atoms with Crippen molar-refractivity contribution in [2.75, 3.05) is 0 Å². The maximum atomic E-state index is 2.56. The molecule has 0 radical (unpaired) electrons. The van der Waals surface area contributed by atoms with Crippen LogP contribution < -0.4 is 0 Å². The molecule has 0 N–H and O–H groups in total. The lowest BCUT2D eigenvalue weighted by Crippen LogP contribution is -2.26. The molecule has 92 valence electrons. The zero-order valence-corrected chi connectivity index (χ0v) is 10.8. The van der Waals surface area contributed by atoms with E-state index in [1.165, 1.54) is 32.1 Å². The molecule has 5 rings (SSSR count). The SMILES string of the molecule is C1=CC2CC1C(C1CCc3ccccc31)C21CC1. The van der Waals surface area contributed by atoms with Gasteiger partial charge >= 0.3 is 0 Å². The number of benzene rings is 1. The topological polar surface area (TPSA) is 0 Å². The molecule has 4 aliphatic rings. The minimum atomic E-state index is 0.752. The summed E-state index contributed by atoms with van der Waals surface area (Å²) in [7, 11) is 0. The summed E-state index contributed by atoms with van der Waals surface area (Å²) in [5, 5.41) is 0. The van der Waals surface area contributed by atoms with E-state index in [9.17, 15) is 0 Å². The van der Waals surface area contributed by atoms with Crippen molar-refractivity contribution in [3.05, 3.63) is 47.5 Å². The molecule has 18 heavy (non-hydrogen) atoms. The number of aryl methyl sites for hydroxylation is 1. The van der Waals surface area contributed by atoms with Crippen LogP contribution in [0.1, 0.15) is 42.7 Å². The Labute approximate surface area is 109 Å². The molecule has 4 aliphatic carbocycles. The average Bonchev–Trinajstić information content (AvgIpc) is 2.79. The van der Waals surface area contributed by atoms with E-state index < -0.39 is 0 Å². The molecule has 2 saturated carbocycles. The van der Waals surface area contributed by atoms with E-state index in [0.29, 0.717) is 0 Å². The maximum absolute atomic E-state index is 2.56. The molecular weight excluding hydrogens is 216 g/mol. The Bertz CT molecular complexity index is 535. The van der Waals surface area contributed by atoms with Crippen LogP contribution in [-0.2, 0) is 6.42 Å². The molecular formula is C18H20. The van der Waals surface area contributed by atoms with Gasteiger partial charge in [0.15, 0.2) is 0 Å². The average molecular weight is 236 g/mol. The summed E-state index contributed by atoms with van der Waals surface area (Å²) in [6.07, 6.45) is 12.4. The van der Waals surface area contributed by atoms with E-state index in [-0.39, 0.29) is 0 Å². The third-order valence-corrected chi connectivity index (χ3v) is 6.42. The highest BCUT2D eigenvalue weighted by molar-refractivity contribution is 5.38. The van der Waals surface area contributed by atoms with Gasteiger partial charge in [-0.2, -0.15) is 0 Å². The van der Waals surface area contributed by atoms with Crippen molar-refractivity contribution in [3.8, 4) is 0 Å². The largest absolute Gasteiger partial charge is 0.0848 e. The van der Waals surface area contributed by atoms with Crippen LogP contribution in [0.2, 0.25) is 0 Å². The van der Waals surface area contributed by atoms with Gasteiger partial charge in [-0.25, -0.2) is 0 Å². The lowest BCUT2D eigenvalue weighted by molar-refractivity contribution is 0.235. The van der Waals surface area contributed by atoms with Crippen LogP contribution in [0.4, 0.5) is 0 Å². The predicted molar refractivity (Wildman–Crippen MR) is 73.4 cm³/mol. The van der Waals surface area contributed by atoms with E-state index in [1.807, 2.05) is 0 Å². The number of fused-ring (bicyclic) bond motifs is 4. The highest BCUT2D eigenvalue weighted by atomic mass is 14.7. The van der Waals surface area contributed by atoms with E-state index in [0.717, 1.165) is 29.1 Å². The first-order valence-corrected chi connectivity index (χ1v) is 7.65. The van der Waals surface area contributed by atoms with Crippen LogP contribution in [-0.4, -0.2) is 0 Å². The summed E-state index contributed by atoms with van der Waals surface area (Å²) in [6.45, 7) is 0. The Kier molecular flexibility index (Phi) is 1.69. The molecule has 2 fully saturated rings. The fourth-order valence-corrected chi connectivity index (χ4v) is 5.60. The zero-order valence-electron chi connectivity index (χ0n) is 10.8. The molecule has 0 heteroatoms. The van der Waals surface area contributed by atoms with Crippen molar-refractivity contribution in [3.63, 3.8) is 0 Å². The lowest BCUT2D eigenvalue weighted by Gasteiger charge is -2.33. The Hall–Kier alpha value is -1.04. The van der Waals surface area contributed by atoms with E-state index in [2.05, 4.69) is 36.4 Å². The third-order valence-electron chi connectivity index (χ3n) is 6.42. The van der Waals surface area contributed by atoms with Crippen molar-refractivity contribution in [1.82, 2.24) is 0 Å². The summed E-state index contributed by atoms with van der Waals surface area (Å²) in [5.41, 5.74) is 4.10. The molecule has 0 amide bonds. The summed E-state index contributed by atoms with van der Waals surface area (Å²) < 4.78 is 0. The fraction of sp³-hybridized carbons (Fsp3) is 0.556. The van der Waals surface area contributed by atoms with Gasteiger partial charge in [0.05, 0.1) is 0 Å². The van der Waals surface area contributed by atoms with Gasteiger partial charge in [-0.05, 0) is 72.3 Å². The molecule has 0 aromatic heterocycles. The Morgan fingerprint density at radius 3 is 2.83 bits per heavy atom. The summed E-state index contributed by atoms with van der Waals surface area (Å²) in [4.78, 5) is 0. The Morgan fingerprint density at radius 2 is 1.94 bits per heavy atom. The molecule has 0 saturated heterocycles. The second kappa shape index (κ2) is 3.10. The predicted octanol–water partition coefficient (Wildman–Crippen LogP) is 4.32. The standard InChI is InChI=1S/C18H20/c1-2-4-15-12(3-1)6-8-16(15)17-13-5-7-14(11-13)18(17)9-10-18/h1-5,7,13-14,16-17H,6,8-11H2. The first-order valence-electron chi connectivity index (χ1n) is 7.65. The number of rotatable bonds is 1. The van der Waals surface area contributed by atoms with Crippen molar-refractivity contribution >= 4 is 0 Å². The van der Waals surface area contributed by atoms with E-state index in [4.69, 9.17) is 0 Å². The van der Waals surface area contributed by atoms with Gasteiger partial charge in [-0.1, -0.05) is 36.4 Å². The van der Waals surface area contributed by atoms with Crippen LogP contribution in [0.5, 0.6) is 0 Å². The highest BCUT2D eigenvalue weighted by Crippen LogP contribution is 2.73. The van der Waals surface area contributed by atoms with Crippen LogP contribution in [0.3, 0.4) is 0 Å². The monoisotopic (exact) mass is 236 g/mol. The smallest absolute Gasteiger partial charge is 0.0117 e. The Morgan fingerprint density at radius 1 is 1.06 bits per heavy atom. The normalized spacial score (nSPS) is 41.6.